The van der Waals surface area contributed by atoms with Crippen LogP contribution < -0.4 is 5.32 Å². The van der Waals surface area contributed by atoms with Crippen molar-refractivity contribution < 1.29 is 4.79 Å². The van der Waals surface area contributed by atoms with E-state index in [0.717, 1.165) is 50.7 Å². The van der Waals surface area contributed by atoms with Crippen LogP contribution in [0.5, 0.6) is 0 Å². The molecule has 7 heteroatoms. The lowest BCUT2D eigenvalue weighted by atomic mass is 9.76. The standard InChI is InChI=1S/C19H34N6O/c1-5-9-24-14-19(6-10-23(4)11-7-19)13-17(24)18(26)20-8-12-25-16(3)21-15(2)22-25/h17H,5-14H2,1-4H3,(H,20,26). The molecule has 3 rings (SSSR count). The monoisotopic (exact) mass is 362 g/mol. The van der Waals surface area contributed by atoms with Crippen molar-refractivity contribution in [1.82, 2.24) is 29.9 Å². The summed E-state index contributed by atoms with van der Waals surface area (Å²) in [4.78, 5) is 22.0. The van der Waals surface area contributed by atoms with Gasteiger partial charge in [0, 0.05) is 13.1 Å². The minimum Gasteiger partial charge on any atom is -0.353 e. The first kappa shape index (κ1) is 19.3. The van der Waals surface area contributed by atoms with Gasteiger partial charge in [0.15, 0.2) is 0 Å². The van der Waals surface area contributed by atoms with Gasteiger partial charge in [0.05, 0.1) is 12.6 Å². The number of aromatic nitrogens is 3. The van der Waals surface area contributed by atoms with Crippen LogP contribution in [0.2, 0.25) is 0 Å². The molecule has 2 saturated heterocycles. The summed E-state index contributed by atoms with van der Waals surface area (Å²) in [6.45, 7) is 11.7. The topological polar surface area (TPSA) is 66.3 Å². The van der Waals surface area contributed by atoms with Crippen LogP contribution in [0.25, 0.3) is 0 Å². The maximum absolute atomic E-state index is 12.9. The first-order valence-corrected chi connectivity index (χ1v) is 10.0. The Labute approximate surface area is 157 Å². The summed E-state index contributed by atoms with van der Waals surface area (Å²) >= 11 is 0. The number of rotatable bonds is 6. The van der Waals surface area contributed by atoms with E-state index in [4.69, 9.17) is 0 Å². The third-order valence-corrected chi connectivity index (χ3v) is 6.05. The van der Waals surface area contributed by atoms with E-state index in [0.29, 0.717) is 18.5 Å². The zero-order chi connectivity index (χ0) is 18.7. The van der Waals surface area contributed by atoms with E-state index in [1.165, 1.54) is 12.8 Å². The molecule has 1 amide bonds. The van der Waals surface area contributed by atoms with Crippen LogP contribution in [-0.2, 0) is 11.3 Å². The lowest BCUT2D eigenvalue weighted by Crippen LogP contribution is -2.44. The Morgan fingerprint density at radius 2 is 2.00 bits per heavy atom. The normalized spacial score (nSPS) is 23.6. The van der Waals surface area contributed by atoms with Gasteiger partial charge in [-0.05, 0) is 71.6 Å². The van der Waals surface area contributed by atoms with E-state index < -0.39 is 0 Å². The highest BCUT2D eigenvalue weighted by Crippen LogP contribution is 2.43. The zero-order valence-corrected chi connectivity index (χ0v) is 16.8. The molecule has 1 aromatic heterocycles. The summed E-state index contributed by atoms with van der Waals surface area (Å²) in [7, 11) is 2.20. The van der Waals surface area contributed by atoms with Crippen molar-refractivity contribution in [2.45, 2.75) is 59.0 Å². The SMILES string of the molecule is CCCN1CC2(CCN(C)CC2)CC1C(=O)NCCn1nc(C)nc1C. The van der Waals surface area contributed by atoms with Gasteiger partial charge in [-0.2, -0.15) is 5.10 Å². The average Bonchev–Trinajstić information content (AvgIpc) is 3.11. The largest absolute Gasteiger partial charge is 0.353 e. The molecule has 2 fully saturated rings. The van der Waals surface area contributed by atoms with Gasteiger partial charge in [0.1, 0.15) is 11.6 Å². The molecule has 146 valence electrons. The lowest BCUT2D eigenvalue weighted by Gasteiger charge is -2.37. The number of carbonyl (C=O) groups is 1. The van der Waals surface area contributed by atoms with Crippen LogP contribution in [0.15, 0.2) is 0 Å². The molecule has 1 unspecified atom stereocenters. The van der Waals surface area contributed by atoms with E-state index in [2.05, 4.69) is 39.2 Å². The minimum absolute atomic E-state index is 0.0249. The molecule has 1 spiro atoms. The molecule has 2 aliphatic heterocycles. The first-order chi connectivity index (χ1) is 12.4. The van der Waals surface area contributed by atoms with E-state index in [1.54, 1.807) is 0 Å². The molecule has 0 saturated carbocycles. The van der Waals surface area contributed by atoms with Crippen molar-refractivity contribution in [3.63, 3.8) is 0 Å². The molecule has 2 aliphatic rings. The quantitative estimate of drug-likeness (QED) is 0.824. The van der Waals surface area contributed by atoms with Gasteiger partial charge in [-0.1, -0.05) is 6.92 Å². The number of carbonyl (C=O) groups excluding carboxylic acids is 1. The molecule has 26 heavy (non-hydrogen) atoms. The van der Waals surface area contributed by atoms with Crippen molar-refractivity contribution >= 4 is 5.91 Å². The zero-order valence-electron chi connectivity index (χ0n) is 16.8. The Morgan fingerprint density at radius 3 is 2.62 bits per heavy atom. The molecule has 0 radical (unpaired) electrons. The molecular weight excluding hydrogens is 328 g/mol. The third-order valence-electron chi connectivity index (χ3n) is 6.05. The predicted molar refractivity (Wildman–Crippen MR) is 102 cm³/mol. The first-order valence-electron chi connectivity index (χ1n) is 10.0. The van der Waals surface area contributed by atoms with Crippen molar-refractivity contribution in [3.05, 3.63) is 11.6 Å². The minimum atomic E-state index is 0.0249. The molecule has 1 atom stereocenters. The van der Waals surface area contributed by atoms with Crippen LogP contribution in [-0.4, -0.2) is 76.3 Å². The molecule has 3 heterocycles. The van der Waals surface area contributed by atoms with Gasteiger partial charge in [0.25, 0.3) is 0 Å². The summed E-state index contributed by atoms with van der Waals surface area (Å²) in [5.74, 6) is 1.86. The highest BCUT2D eigenvalue weighted by atomic mass is 16.2. The lowest BCUT2D eigenvalue weighted by molar-refractivity contribution is -0.125. The van der Waals surface area contributed by atoms with E-state index >= 15 is 0 Å². The Kier molecular flexibility index (Phi) is 5.97. The van der Waals surface area contributed by atoms with Crippen LogP contribution in [0.3, 0.4) is 0 Å². The second-order valence-electron chi connectivity index (χ2n) is 8.21. The van der Waals surface area contributed by atoms with Crippen LogP contribution in [0, 0.1) is 19.3 Å². The van der Waals surface area contributed by atoms with Crippen LogP contribution in [0.1, 0.15) is 44.3 Å². The number of piperidine rings is 1. The fourth-order valence-corrected chi connectivity index (χ4v) is 4.56. The summed E-state index contributed by atoms with van der Waals surface area (Å²) < 4.78 is 1.87. The second kappa shape index (κ2) is 8.05. The smallest absolute Gasteiger partial charge is 0.237 e. The highest BCUT2D eigenvalue weighted by Gasteiger charge is 2.47. The number of likely N-dealkylation sites (tertiary alicyclic amines) is 2. The molecule has 0 aromatic carbocycles. The molecule has 1 aromatic rings. The van der Waals surface area contributed by atoms with Crippen molar-refractivity contribution in [3.8, 4) is 0 Å². The Morgan fingerprint density at radius 1 is 1.27 bits per heavy atom. The Hall–Kier alpha value is -1.47. The summed E-state index contributed by atoms with van der Waals surface area (Å²) in [5.41, 5.74) is 0.337. The van der Waals surface area contributed by atoms with Gasteiger partial charge < -0.3 is 10.2 Å². The number of nitrogens with zero attached hydrogens (tertiary/aromatic N) is 5. The predicted octanol–water partition coefficient (Wildman–Crippen LogP) is 1.21. The number of nitrogens with one attached hydrogen (secondary N) is 1. The molecule has 0 aliphatic carbocycles. The average molecular weight is 363 g/mol. The summed E-state index contributed by atoms with van der Waals surface area (Å²) in [5, 5.41) is 7.51. The van der Waals surface area contributed by atoms with Crippen LogP contribution >= 0.6 is 0 Å². The van der Waals surface area contributed by atoms with E-state index in [-0.39, 0.29) is 11.9 Å². The van der Waals surface area contributed by atoms with Gasteiger partial charge in [-0.3, -0.25) is 9.69 Å². The van der Waals surface area contributed by atoms with Crippen molar-refractivity contribution in [2.75, 3.05) is 39.8 Å². The summed E-state index contributed by atoms with van der Waals surface area (Å²) in [6.07, 6.45) is 4.53. The summed E-state index contributed by atoms with van der Waals surface area (Å²) in [6, 6.07) is 0.0249. The van der Waals surface area contributed by atoms with Gasteiger partial charge in [0.2, 0.25) is 5.91 Å². The molecule has 1 N–H and O–H groups in total. The van der Waals surface area contributed by atoms with Crippen LogP contribution in [0.4, 0.5) is 0 Å². The molecular formula is C19H34N6O. The van der Waals surface area contributed by atoms with Crippen molar-refractivity contribution in [1.29, 1.82) is 0 Å². The Bertz CT molecular complexity index is 620. The van der Waals surface area contributed by atoms with E-state index in [9.17, 15) is 4.79 Å². The number of hydrogen-bond donors (Lipinski definition) is 1. The van der Waals surface area contributed by atoms with Gasteiger partial charge in [-0.25, -0.2) is 9.67 Å². The fourth-order valence-electron chi connectivity index (χ4n) is 4.56. The number of aryl methyl sites for hydroxylation is 2. The highest BCUT2D eigenvalue weighted by molar-refractivity contribution is 5.82. The maximum Gasteiger partial charge on any atom is 0.237 e. The van der Waals surface area contributed by atoms with Crippen molar-refractivity contribution in [2.24, 2.45) is 5.41 Å². The Balaban J connectivity index is 1.56. The van der Waals surface area contributed by atoms with Gasteiger partial charge in [-0.15, -0.1) is 0 Å². The third kappa shape index (κ3) is 4.26. The maximum atomic E-state index is 12.9. The molecule has 0 bridgehead atoms. The fraction of sp³-hybridized carbons (Fsp3) is 0.842. The molecule has 7 nitrogen and oxygen atoms in total. The van der Waals surface area contributed by atoms with E-state index in [1.807, 2.05) is 18.5 Å². The van der Waals surface area contributed by atoms with Gasteiger partial charge >= 0.3 is 0 Å². The number of amides is 1. The number of hydrogen-bond acceptors (Lipinski definition) is 5. The second-order valence-corrected chi connectivity index (χ2v) is 8.21.